The van der Waals surface area contributed by atoms with Crippen LogP contribution in [0.3, 0.4) is 0 Å². The predicted molar refractivity (Wildman–Crippen MR) is 94.6 cm³/mol. The Balaban J connectivity index is 1.62. The zero-order valence-electron chi connectivity index (χ0n) is 14.7. The number of nitrogens with zero attached hydrogens (tertiary/aromatic N) is 3. The molecule has 0 radical (unpaired) electrons. The van der Waals surface area contributed by atoms with E-state index in [1.807, 2.05) is 11.8 Å². The molecule has 0 saturated carbocycles. The second-order valence-corrected chi connectivity index (χ2v) is 6.44. The van der Waals surface area contributed by atoms with Crippen molar-refractivity contribution in [2.24, 2.45) is 0 Å². The molecule has 1 unspecified atom stereocenters. The molecule has 7 heteroatoms. The second kappa shape index (κ2) is 8.29. The van der Waals surface area contributed by atoms with E-state index in [1.54, 1.807) is 18.3 Å². The van der Waals surface area contributed by atoms with Crippen LogP contribution in [0.4, 0.5) is 5.82 Å². The molecule has 0 bridgehead atoms. The quantitative estimate of drug-likeness (QED) is 0.863. The van der Waals surface area contributed by atoms with Crippen LogP contribution in [0.2, 0.25) is 0 Å². The van der Waals surface area contributed by atoms with Gasteiger partial charge in [0.25, 0.3) is 5.91 Å². The highest BCUT2D eigenvalue weighted by molar-refractivity contribution is 5.98. The van der Waals surface area contributed by atoms with Gasteiger partial charge in [-0.15, -0.1) is 0 Å². The van der Waals surface area contributed by atoms with Gasteiger partial charge in [0.05, 0.1) is 11.7 Å². The minimum absolute atomic E-state index is 0.118. The zero-order chi connectivity index (χ0) is 17.6. The monoisotopic (exact) mass is 346 g/mol. The summed E-state index contributed by atoms with van der Waals surface area (Å²) in [6, 6.07) is 3.58. The summed E-state index contributed by atoms with van der Waals surface area (Å²) >= 11 is 0. The maximum absolute atomic E-state index is 12.6. The first kappa shape index (κ1) is 17.7. The fourth-order valence-corrected chi connectivity index (χ4v) is 3.32. The number of piperazine rings is 1. The van der Waals surface area contributed by atoms with Gasteiger partial charge in [-0.3, -0.25) is 9.59 Å². The molecule has 2 amide bonds. The molecule has 2 fully saturated rings. The average molecular weight is 346 g/mol. The third-order valence-corrected chi connectivity index (χ3v) is 4.78. The molecule has 136 valence electrons. The maximum Gasteiger partial charge on any atom is 0.255 e. The topological polar surface area (TPSA) is 74.8 Å². The number of nitrogens with one attached hydrogen (secondary N) is 1. The van der Waals surface area contributed by atoms with Crippen molar-refractivity contribution in [3.8, 4) is 0 Å². The van der Waals surface area contributed by atoms with Crippen LogP contribution in [-0.4, -0.2) is 67.1 Å². The van der Waals surface area contributed by atoms with Crippen molar-refractivity contribution >= 4 is 17.6 Å². The number of ether oxygens (including phenoxy) is 1. The predicted octanol–water partition coefficient (Wildman–Crippen LogP) is 1.05. The molecule has 1 aromatic rings. The Bertz CT molecular complexity index is 608. The van der Waals surface area contributed by atoms with Crippen molar-refractivity contribution < 1.29 is 14.3 Å². The normalized spacial score (nSPS) is 20.6. The summed E-state index contributed by atoms with van der Waals surface area (Å²) in [4.78, 5) is 32.8. The summed E-state index contributed by atoms with van der Waals surface area (Å²) in [6.45, 7) is 5.90. The Morgan fingerprint density at radius 3 is 2.80 bits per heavy atom. The molecular weight excluding hydrogens is 320 g/mol. The van der Waals surface area contributed by atoms with E-state index in [9.17, 15) is 9.59 Å². The first-order valence-electron chi connectivity index (χ1n) is 9.06. The van der Waals surface area contributed by atoms with Gasteiger partial charge in [-0.1, -0.05) is 6.92 Å². The largest absolute Gasteiger partial charge is 0.376 e. The first-order valence-corrected chi connectivity index (χ1v) is 9.06. The molecule has 2 aliphatic heterocycles. The summed E-state index contributed by atoms with van der Waals surface area (Å²) in [7, 11) is 0. The molecule has 0 aromatic carbocycles. The van der Waals surface area contributed by atoms with Crippen LogP contribution >= 0.6 is 0 Å². The standard InChI is InChI=1S/C18H26N4O3/c1-2-16(23)21-8-10-22(11-9-21)17-15(6-3-7-19-17)18(24)20-13-14-5-4-12-25-14/h3,6-7,14H,2,4-5,8-13H2,1H3,(H,20,24). The molecular formula is C18H26N4O3. The average Bonchev–Trinajstić information content (AvgIpc) is 3.19. The smallest absolute Gasteiger partial charge is 0.255 e. The SMILES string of the molecule is CCC(=O)N1CCN(c2ncccc2C(=O)NCC2CCCO2)CC1. The molecule has 7 nitrogen and oxygen atoms in total. The van der Waals surface area contributed by atoms with Crippen molar-refractivity contribution in [2.75, 3.05) is 44.2 Å². The number of rotatable bonds is 5. The lowest BCUT2D eigenvalue weighted by Gasteiger charge is -2.36. The lowest BCUT2D eigenvalue weighted by atomic mass is 10.2. The van der Waals surface area contributed by atoms with E-state index in [4.69, 9.17) is 4.74 Å². The Labute approximate surface area is 148 Å². The van der Waals surface area contributed by atoms with Gasteiger partial charge in [0.15, 0.2) is 0 Å². The number of hydrogen-bond donors (Lipinski definition) is 1. The van der Waals surface area contributed by atoms with Gasteiger partial charge in [0.1, 0.15) is 5.82 Å². The number of carbonyl (C=O) groups excluding carboxylic acids is 2. The highest BCUT2D eigenvalue weighted by Gasteiger charge is 2.25. The van der Waals surface area contributed by atoms with E-state index in [0.717, 1.165) is 19.4 Å². The molecule has 1 aromatic heterocycles. The molecule has 3 heterocycles. The highest BCUT2D eigenvalue weighted by Crippen LogP contribution is 2.19. The van der Waals surface area contributed by atoms with Gasteiger partial charge in [-0.25, -0.2) is 4.98 Å². The summed E-state index contributed by atoms with van der Waals surface area (Å²) in [5, 5.41) is 2.96. The molecule has 2 saturated heterocycles. The van der Waals surface area contributed by atoms with Crippen molar-refractivity contribution in [3.05, 3.63) is 23.9 Å². The molecule has 2 aliphatic rings. The maximum atomic E-state index is 12.6. The van der Waals surface area contributed by atoms with E-state index < -0.39 is 0 Å². The van der Waals surface area contributed by atoms with Crippen LogP contribution in [0.5, 0.6) is 0 Å². The van der Waals surface area contributed by atoms with E-state index in [-0.39, 0.29) is 17.9 Å². The number of aromatic nitrogens is 1. The highest BCUT2D eigenvalue weighted by atomic mass is 16.5. The van der Waals surface area contributed by atoms with Crippen LogP contribution in [0.1, 0.15) is 36.5 Å². The Kier molecular flexibility index (Phi) is 5.86. The van der Waals surface area contributed by atoms with Crippen LogP contribution in [0, 0.1) is 0 Å². The van der Waals surface area contributed by atoms with Gasteiger partial charge >= 0.3 is 0 Å². The Morgan fingerprint density at radius 1 is 1.32 bits per heavy atom. The molecule has 1 atom stereocenters. The van der Waals surface area contributed by atoms with Gasteiger partial charge in [-0.05, 0) is 25.0 Å². The fourth-order valence-electron chi connectivity index (χ4n) is 3.32. The van der Waals surface area contributed by atoms with Gasteiger partial charge < -0.3 is 19.9 Å². The zero-order valence-corrected chi connectivity index (χ0v) is 14.7. The van der Waals surface area contributed by atoms with E-state index in [0.29, 0.717) is 50.5 Å². The minimum Gasteiger partial charge on any atom is -0.376 e. The van der Waals surface area contributed by atoms with Crippen molar-refractivity contribution in [1.29, 1.82) is 0 Å². The van der Waals surface area contributed by atoms with Gasteiger partial charge in [0.2, 0.25) is 5.91 Å². The van der Waals surface area contributed by atoms with Gasteiger partial charge in [0, 0.05) is 51.9 Å². The molecule has 25 heavy (non-hydrogen) atoms. The molecule has 1 N–H and O–H groups in total. The summed E-state index contributed by atoms with van der Waals surface area (Å²) < 4.78 is 5.55. The van der Waals surface area contributed by atoms with E-state index in [2.05, 4.69) is 15.2 Å². The van der Waals surface area contributed by atoms with Crippen LogP contribution in [0.15, 0.2) is 18.3 Å². The molecule has 0 aliphatic carbocycles. The minimum atomic E-state index is -0.120. The number of anilines is 1. The number of amides is 2. The Hall–Kier alpha value is -2.15. The van der Waals surface area contributed by atoms with Crippen molar-refractivity contribution in [2.45, 2.75) is 32.3 Å². The third-order valence-electron chi connectivity index (χ3n) is 4.78. The van der Waals surface area contributed by atoms with Crippen molar-refractivity contribution in [1.82, 2.24) is 15.2 Å². The lowest BCUT2D eigenvalue weighted by molar-refractivity contribution is -0.131. The number of carbonyl (C=O) groups is 2. The van der Waals surface area contributed by atoms with Crippen molar-refractivity contribution in [3.63, 3.8) is 0 Å². The number of hydrogen-bond acceptors (Lipinski definition) is 5. The van der Waals surface area contributed by atoms with Crippen LogP contribution < -0.4 is 10.2 Å². The Morgan fingerprint density at radius 2 is 2.12 bits per heavy atom. The second-order valence-electron chi connectivity index (χ2n) is 6.44. The third kappa shape index (κ3) is 4.28. The summed E-state index contributed by atoms with van der Waals surface area (Å²) in [5.74, 6) is 0.747. The molecule has 3 rings (SSSR count). The first-order chi connectivity index (χ1) is 12.2. The summed E-state index contributed by atoms with van der Waals surface area (Å²) in [5.41, 5.74) is 0.579. The van der Waals surface area contributed by atoms with Crippen LogP contribution in [-0.2, 0) is 9.53 Å². The summed E-state index contributed by atoms with van der Waals surface area (Å²) in [6.07, 6.45) is 4.40. The lowest BCUT2D eigenvalue weighted by Crippen LogP contribution is -2.49. The fraction of sp³-hybridized carbons (Fsp3) is 0.611. The van der Waals surface area contributed by atoms with Crippen LogP contribution in [0.25, 0.3) is 0 Å². The van der Waals surface area contributed by atoms with Gasteiger partial charge in [-0.2, -0.15) is 0 Å². The van der Waals surface area contributed by atoms with E-state index >= 15 is 0 Å². The molecule has 0 spiro atoms. The van der Waals surface area contributed by atoms with E-state index in [1.165, 1.54) is 0 Å². The number of pyridine rings is 1.